The summed E-state index contributed by atoms with van der Waals surface area (Å²) < 4.78 is 5.30. The Labute approximate surface area is 107 Å². The topological polar surface area (TPSA) is 84.7 Å². The minimum Gasteiger partial charge on any atom is -0.379 e. The maximum Gasteiger partial charge on any atom is 0.232 e. The summed E-state index contributed by atoms with van der Waals surface area (Å²) in [6.07, 6.45) is 0.803. The summed E-state index contributed by atoms with van der Waals surface area (Å²) in [7, 11) is 0. The van der Waals surface area contributed by atoms with E-state index < -0.39 is 5.41 Å². The van der Waals surface area contributed by atoms with Crippen molar-refractivity contribution in [3.63, 3.8) is 0 Å². The number of carbonyl (C=O) groups is 2. The van der Waals surface area contributed by atoms with E-state index in [1.165, 1.54) is 6.92 Å². The number of nitrogens with zero attached hydrogens (tertiary/aromatic N) is 1. The van der Waals surface area contributed by atoms with Gasteiger partial charge in [0.15, 0.2) is 0 Å². The highest BCUT2D eigenvalue weighted by Gasteiger charge is 2.47. The van der Waals surface area contributed by atoms with Crippen LogP contribution in [0, 0.1) is 5.41 Å². The molecule has 3 N–H and O–H groups in total. The summed E-state index contributed by atoms with van der Waals surface area (Å²) >= 11 is 0. The molecule has 2 aliphatic heterocycles. The number of amides is 2. The fraction of sp³-hybridized carbons (Fsp3) is 0.833. The first-order valence-corrected chi connectivity index (χ1v) is 6.33. The molecule has 2 aliphatic rings. The first-order chi connectivity index (χ1) is 8.43. The molecule has 0 spiro atoms. The van der Waals surface area contributed by atoms with Crippen molar-refractivity contribution < 1.29 is 14.3 Å². The van der Waals surface area contributed by atoms with Gasteiger partial charge in [-0.05, 0) is 13.3 Å². The summed E-state index contributed by atoms with van der Waals surface area (Å²) in [5.41, 5.74) is 5.33. The molecular formula is C12H21N3O3. The van der Waals surface area contributed by atoms with Crippen molar-refractivity contribution in [3.05, 3.63) is 0 Å². The molecule has 0 bridgehead atoms. The zero-order valence-electron chi connectivity index (χ0n) is 10.9. The van der Waals surface area contributed by atoms with Crippen LogP contribution in [0.3, 0.4) is 0 Å². The first-order valence-electron chi connectivity index (χ1n) is 6.33. The van der Waals surface area contributed by atoms with Gasteiger partial charge in [0, 0.05) is 32.1 Å². The van der Waals surface area contributed by atoms with Crippen molar-refractivity contribution in [3.8, 4) is 0 Å². The number of nitrogens with one attached hydrogen (secondary N) is 1. The van der Waals surface area contributed by atoms with Crippen molar-refractivity contribution in [1.82, 2.24) is 10.2 Å². The number of ether oxygens (including phenoxy) is 1. The molecule has 18 heavy (non-hydrogen) atoms. The molecule has 0 aromatic carbocycles. The van der Waals surface area contributed by atoms with E-state index in [4.69, 9.17) is 10.5 Å². The van der Waals surface area contributed by atoms with Gasteiger partial charge < -0.3 is 20.7 Å². The molecule has 0 aromatic heterocycles. The Morgan fingerprint density at radius 2 is 2.22 bits per heavy atom. The molecule has 6 heteroatoms. The van der Waals surface area contributed by atoms with Gasteiger partial charge in [0.1, 0.15) is 0 Å². The zero-order chi connectivity index (χ0) is 13.3. The third-order valence-electron chi connectivity index (χ3n) is 3.89. The Balaban J connectivity index is 1.97. The lowest BCUT2D eigenvalue weighted by Crippen LogP contribution is -2.51. The van der Waals surface area contributed by atoms with Gasteiger partial charge in [0.05, 0.1) is 18.6 Å². The fourth-order valence-corrected chi connectivity index (χ4v) is 2.62. The first kappa shape index (κ1) is 13.3. The molecule has 2 fully saturated rings. The summed E-state index contributed by atoms with van der Waals surface area (Å²) in [5, 5.41) is 2.85. The maximum atomic E-state index is 12.5. The molecule has 0 saturated carbocycles. The molecule has 3 atom stereocenters. The number of nitrogens with two attached hydrogens (primary N) is 1. The third kappa shape index (κ3) is 2.35. The van der Waals surface area contributed by atoms with Gasteiger partial charge >= 0.3 is 0 Å². The highest BCUT2D eigenvalue weighted by atomic mass is 16.5. The molecule has 2 rings (SSSR count). The van der Waals surface area contributed by atoms with Crippen molar-refractivity contribution in [2.75, 3.05) is 26.3 Å². The molecule has 0 aliphatic carbocycles. The predicted octanol–water partition coefficient (Wildman–Crippen LogP) is -0.913. The maximum absolute atomic E-state index is 12.5. The third-order valence-corrected chi connectivity index (χ3v) is 3.89. The van der Waals surface area contributed by atoms with Gasteiger partial charge in [-0.25, -0.2) is 0 Å². The van der Waals surface area contributed by atoms with E-state index in [-0.39, 0.29) is 23.9 Å². The number of likely N-dealkylation sites (tertiary alicyclic amines) is 1. The fourth-order valence-electron chi connectivity index (χ4n) is 2.62. The smallest absolute Gasteiger partial charge is 0.232 e. The summed E-state index contributed by atoms with van der Waals surface area (Å²) in [6, 6.07) is -0.182. The highest BCUT2D eigenvalue weighted by molar-refractivity contribution is 5.84. The second kappa shape index (κ2) is 4.85. The van der Waals surface area contributed by atoms with Crippen LogP contribution in [0.2, 0.25) is 0 Å². The SMILES string of the molecule is CC(=O)NC1CCN(C(=O)C2(C)COCC2N)C1. The highest BCUT2D eigenvalue weighted by Crippen LogP contribution is 2.30. The van der Waals surface area contributed by atoms with Gasteiger partial charge in [0.25, 0.3) is 0 Å². The number of rotatable bonds is 2. The average Bonchev–Trinajstić information content (AvgIpc) is 2.86. The van der Waals surface area contributed by atoms with Crippen LogP contribution in [0.1, 0.15) is 20.3 Å². The van der Waals surface area contributed by atoms with Crippen LogP contribution in [-0.4, -0.2) is 55.1 Å². The summed E-state index contributed by atoms with van der Waals surface area (Å²) in [6.45, 7) is 5.41. The van der Waals surface area contributed by atoms with Crippen molar-refractivity contribution >= 4 is 11.8 Å². The number of hydrogen-bond acceptors (Lipinski definition) is 4. The normalized spacial score (nSPS) is 35.8. The van der Waals surface area contributed by atoms with Gasteiger partial charge in [-0.2, -0.15) is 0 Å². The largest absolute Gasteiger partial charge is 0.379 e. The van der Waals surface area contributed by atoms with Crippen LogP contribution in [0.5, 0.6) is 0 Å². The van der Waals surface area contributed by atoms with Crippen molar-refractivity contribution in [2.24, 2.45) is 11.1 Å². The molecular weight excluding hydrogens is 234 g/mol. The second-order valence-electron chi connectivity index (χ2n) is 5.48. The Hall–Kier alpha value is -1.14. The summed E-state index contributed by atoms with van der Waals surface area (Å²) in [4.78, 5) is 25.2. The quantitative estimate of drug-likeness (QED) is 0.669. The van der Waals surface area contributed by atoms with Gasteiger partial charge in [-0.1, -0.05) is 0 Å². The molecule has 0 radical (unpaired) electrons. The standard InChI is InChI=1S/C12H21N3O3/c1-8(16)14-9-3-4-15(5-9)11(17)12(2)7-18-6-10(12)13/h9-10H,3-7,13H2,1-2H3,(H,14,16). The van der Waals surface area contributed by atoms with Crippen molar-refractivity contribution in [1.29, 1.82) is 0 Å². The minimum atomic E-state index is -0.620. The predicted molar refractivity (Wildman–Crippen MR) is 65.7 cm³/mol. The Morgan fingerprint density at radius 1 is 1.50 bits per heavy atom. The Kier molecular flexibility index (Phi) is 3.59. The van der Waals surface area contributed by atoms with E-state index in [1.54, 1.807) is 4.90 Å². The lowest BCUT2D eigenvalue weighted by molar-refractivity contribution is -0.140. The van der Waals surface area contributed by atoms with E-state index in [9.17, 15) is 9.59 Å². The molecule has 102 valence electrons. The van der Waals surface area contributed by atoms with Crippen LogP contribution in [-0.2, 0) is 14.3 Å². The van der Waals surface area contributed by atoms with Crippen LogP contribution < -0.4 is 11.1 Å². The van der Waals surface area contributed by atoms with E-state index in [0.29, 0.717) is 26.3 Å². The summed E-state index contributed by atoms with van der Waals surface area (Å²) in [5.74, 6) is -0.0123. The van der Waals surface area contributed by atoms with E-state index in [2.05, 4.69) is 5.32 Å². The molecule has 2 amide bonds. The van der Waals surface area contributed by atoms with Crippen molar-refractivity contribution in [2.45, 2.75) is 32.4 Å². The van der Waals surface area contributed by atoms with Gasteiger partial charge in [-0.15, -0.1) is 0 Å². The minimum absolute atomic E-state index is 0.0420. The van der Waals surface area contributed by atoms with Gasteiger partial charge in [0.2, 0.25) is 11.8 Å². The van der Waals surface area contributed by atoms with E-state index in [0.717, 1.165) is 6.42 Å². The number of hydrogen-bond donors (Lipinski definition) is 2. The molecule has 2 heterocycles. The monoisotopic (exact) mass is 255 g/mol. The zero-order valence-corrected chi connectivity index (χ0v) is 10.9. The van der Waals surface area contributed by atoms with Crippen LogP contribution >= 0.6 is 0 Å². The molecule has 6 nitrogen and oxygen atoms in total. The van der Waals surface area contributed by atoms with E-state index >= 15 is 0 Å². The Morgan fingerprint density at radius 3 is 2.78 bits per heavy atom. The Bertz CT molecular complexity index is 360. The van der Waals surface area contributed by atoms with E-state index in [1.807, 2.05) is 6.92 Å². The lowest BCUT2D eigenvalue weighted by Gasteiger charge is -2.30. The van der Waals surface area contributed by atoms with Gasteiger partial charge in [-0.3, -0.25) is 9.59 Å². The molecule has 0 aromatic rings. The lowest BCUT2D eigenvalue weighted by atomic mass is 9.84. The molecule has 2 saturated heterocycles. The molecule has 3 unspecified atom stereocenters. The van der Waals surface area contributed by atoms with Crippen LogP contribution in [0.15, 0.2) is 0 Å². The van der Waals surface area contributed by atoms with Crippen LogP contribution in [0.4, 0.5) is 0 Å². The van der Waals surface area contributed by atoms with Crippen LogP contribution in [0.25, 0.3) is 0 Å². The second-order valence-corrected chi connectivity index (χ2v) is 5.48. The number of carbonyl (C=O) groups excluding carboxylic acids is 2. The average molecular weight is 255 g/mol.